The standard InChI is InChI=1S/C19H19F3N4O4S2/c20-19(21,22)30-15-1-3-16(4-2-15)32(28,29)26-10-8-25(9-11-26)7-5-17(27)24-18-14(13-23)6-12-31-18/h1-4,6,12H,5,7-11H2,(H,24,27). The maximum absolute atomic E-state index is 12.7. The van der Waals surface area contributed by atoms with E-state index in [4.69, 9.17) is 5.26 Å². The largest absolute Gasteiger partial charge is 0.573 e. The Kier molecular flexibility index (Phi) is 7.40. The van der Waals surface area contributed by atoms with Crippen LogP contribution in [0.5, 0.6) is 5.75 Å². The molecule has 0 bridgehead atoms. The van der Waals surface area contributed by atoms with Crippen molar-refractivity contribution >= 4 is 32.3 Å². The van der Waals surface area contributed by atoms with E-state index in [0.29, 0.717) is 30.2 Å². The number of hydrogen-bond acceptors (Lipinski definition) is 7. The Morgan fingerprint density at radius 1 is 1.16 bits per heavy atom. The zero-order valence-corrected chi connectivity index (χ0v) is 18.3. The summed E-state index contributed by atoms with van der Waals surface area (Å²) in [5, 5.41) is 13.9. The van der Waals surface area contributed by atoms with Gasteiger partial charge in [-0.25, -0.2) is 8.42 Å². The van der Waals surface area contributed by atoms with Gasteiger partial charge in [-0.2, -0.15) is 9.57 Å². The van der Waals surface area contributed by atoms with Gasteiger partial charge in [0.05, 0.1) is 10.5 Å². The van der Waals surface area contributed by atoms with Crippen molar-refractivity contribution in [1.29, 1.82) is 5.26 Å². The van der Waals surface area contributed by atoms with E-state index in [9.17, 15) is 26.4 Å². The normalized spacial score (nSPS) is 15.8. The number of piperazine rings is 1. The molecule has 0 unspecified atom stereocenters. The first-order valence-corrected chi connectivity index (χ1v) is 11.8. The number of anilines is 1. The first-order chi connectivity index (χ1) is 15.1. The molecule has 0 aliphatic carbocycles. The van der Waals surface area contributed by atoms with Gasteiger partial charge >= 0.3 is 6.36 Å². The Labute approximate surface area is 186 Å². The molecule has 1 N–H and O–H groups in total. The van der Waals surface area contributed by atoms with Crippen molar-refractivity contribution in [2.24, 2.45) is 0 Å². The van der Waals surface area contributed by atoms with Gasteiger partial charge in [0.25, 0.3) is 0 Å². The topological polar surface area (TPSA) is 103 Å². The second-order valence-corrected chi connectivity index (χ2v) is 9.69. The van der Waals surface area contributed by atoms with Crippen molar-refractivity contribution in [1.82, 2.24) is 9.21 Å². The summed E-state index contributed by atoms with van der Waals surface area (Å²) in [6, 6.07) is 7.69. The van der Waals surface area contributed by atoms with E-state index in [1.807, 2.05) is 11.0 Å². The van der Waals surface area contributed by atoms with Gasteiger partial charge in [-0.3, -0.25) is 4.79 Å². The van der Waals surface area contributed by atoms with Gasteiger partial charge in [0, 0.05) is 39.1 Å². The molecule has 0 spiro atoms. The summed E-state index contributed by atoms with van der Waals surface area (Å²) in [7, 11) is -3.86. The summed E-state index contributed by atoms with van der Waals surface area (Å²) in [5.74, 6) is -0.732. The number of nitrogens with zero attached hydrogens (tertiary/aromatic N) is 3. The van der Waals surface area contributed by atoms with Crippen LogP contribution in [0.3, 0.4) is 0 Å². The fourth-order valence-corrected chi connectivity index (χ4v) is 5.27. The highest BCUT2D eigenvalue weighted by molar-refractivity contribution is 7.89. The highest BCUT2D eigenvalue weighted by Crippen LogP contribution is 2.26. The molecule has 1 fully saturated rings. The van der Waals surface area contributed by atoms with Gasteiger partial charge in [-0.1, -0.05) is 0 Å². The van der Waals surface area contributed by atoms with Crippen LogP contribution in [0.4, 0.5) is 18.2 Å². The molecule has 13 heteroatoms. The predicted octanol–water partition coefficient (Wildman–Crippen LogP) is 2.85. The number of rotatable bonds is 7. The minimum atomic E-state index is -4.85. The molecule has 1 aliphatic heterocycles. The fourth-order valence-electron chi connectivity index (χ4n) is 3.10. The maximum Gasteiger partial charge on any atom is 0.573 e. The van der Waals surface area contributed by atoms with Crippen molar-refractivity contribution in [3.63, 3.8) is 0 Å². The molecule has 32 heavy (non-hydrogen) atoms. The van der Waals surface area contributed by atoms with Crippen LogP contribution in [-0.2, 0) is 14.8 Å². The third kappa shape index (κ3) is 6.19. The third-order valence-corrected chi connectivity index (χ3v) is 7.46. The van der Waals surface area contributed by atoms with Crippen molar-refractivity contribution < 1.29 is 31.1 Å². The molecular weight excluding hydrogens is 469 g/mol. The second kappa shape index (κ2) is 9.86. The number of halogens is 3. The van der Waals surface area contributed by atoms with Crippen molar-refractivity contribution in [3.8, 4) is 11.8 Å². The molecule has 2 aromatic rings. The summed E-state index contributed by atoms with van der Waals surface area (Å²) < 4.78 is 67.3. The molecule has 1 saturated heterocycles. The first-order valence-electron chi connectivity index (χ1n) is 9.44. The van der Waals surface area contributed by atoms with E-state index in [1.165, 1.54) is 15.6 Å². The average Bonchev–Trinajstić information content (AvgIpc) is 3.19. The number of amides is 1. The lowest BCUT2D eigenvalue weighted by atomic mass is 10.3. The molecule has 1 amide bonds. The number of nitrogens with one attached hydrogen (secondary N) is 1. The van der Waals surface area contributed by atoms with Crippen LogP contribution in [0.1, 0.15) is 12.0 Å². The minimum absolute atomic E-state index is 0.121. The number of hydrogen-bond donors (Lipinski definition) is 1. The number of sulfonamides is 1. The molecule has 8 nitrogen and oxygen atoms in total. The third-order valence-electron chi connectivity index (χ3n) is 4.72. The highest BCUT2D eigenvalue weighted by Gasteiger charge is 2.32. The van der Waals surface area contributed by atoms with E-state index in [0.717, 1.165) is 24.3 Å². The second-order valence-electron chi connectivity index (χ2n) is 6.84. The average molecular weight is 489 g/mol. The lowest BCUT2D eigenvalue weighted by molar-refractivity contribution is -0.274. The number of nitriles is 1. The van der Waals surface area contributed by atoms with Crippen molar-refractivity contribution in [2.45, 2.75) is 17.7 Å². The molecule has 1 aromatic carbocycles. The zero-order chi connectivity index (χ0) is 23.4. The Balaban J connectivity index is 1.49. The van der Waals surface area contributed by atoms with Crippen LogP contribution < -0.4 is 10.1 Å². The molecule has 1 aliphatic rings. The van der Waals surface area contributed by atoms with E-state index < -0.39 is 22.1 Å². The smallest absolute Gasteiger partial charge is 0.406 e. The van der Waals surface area contributed by atoms with Gasteiger partial charge in [0.15, 0.2) is 0 Å². The molecule has 172 valence electrons. The fraction of sp³-hybridized carbons (Fsp3) is 0.368. The summed E-state index contributed by atoms with van der Waals surface area (Å²) in [4.78, 5) is 13.9. The summed E-state index contributed by atoms with van der Waals surface area (Å²) >= 11 is 1.26. The van der Waals surface area contributed by atoms with Crippen LogP contribution in [0.2, 0.25) is 0 Å². The number of benzene rings is 1. The summed E-state index contributed by atoms with van der Waals surface area (Å²) in [6.45, 7) is 1.62. The van der Waals surface area contributed by atoms with E-state index in [2.05, 4.69) is 10.1 Å². The molecule has 1 aromatic heterocycles. The summed E-state index contributed by atoms with van der Waals surface area (Å²) in [5.41, 5.74) is 0.403. The van der Waals surface area contributed by atoms with E-state index >= 15 is 0 Å². The number of carbonyl (C=O) groups is 1. The van der Waals surface area contributed by atoms with Gasteiger partial charge in [-0.15, -0.1) is 24.5 Å². The molecular formula is C19H19F3N4O4S2. The number of alkyl halides is 3. The Bertz CT molecular complexity index is 1090. The Morgan fingerprint density at radius 2 is 1.81 bits per heavy atom. The molecule has 0 atom stereocenters. The molecule has 0 saturated carbocycles. The predicted molar refractivity (Wildman–Crippen MR) is 111 cm³/mol. The van der Waals surface area contributed by atoms with Gasteiger partial charge in [-0.05, 0) is 35.7 Å². The molecule has 3 rings (SSSR count). The SMILES string of the molecule is N#Cc1ccsc1NC(=O)CCN1CCN(S(=O)(=O)c2ccc(OC(F)(F)F)cc2)CC1. The monoisotopic (exact) mass is 488 g/mol. The number of carbonyl (C=O) groups excluding carboxylic acids is 1. The van der Waals surface area contributed by atoms with Crippen LogP contribution in [0.25, 0.3) is 0 Å². The Morgan fingerprint density at radius 3 is 2.41 bits per heavy atom. The quantitative estimate of drug-likeness (QED) is 0.643. The van der Waals surface area contributed by atoms with Crippen LogP contribution in [-0.4, -0.2) is 62.6 Å². The lowest BCUT2D eigenvalue weighted by Crippen LogP contribution is -2.49. The highest BCUT2D eigenvalue weighted by atomic mass is 32.2. The lowest BCUT2D eigenvalue weighted by Gasteiger charge is -2.33. The molecule has 0 radical (unpaired) electrons. The number of thiophene rings is 1. The van der Waals surface area contributed by atoms with Crippen LogP contribution in [0, 0.1) is 11.3 Å². The van der Waals surface area contributed by atoms with Gasteiger partial charge in [0.1, 0.15) is 16.8 Å². The zero-order valence-electron chi connectivity index (χ0n) is 16.6. The van der Waals surface area contributed by atoms with Crippen LogP contribution in [0.15, 0.2) is 40.6 Å². The van der Waals surface area contributed by atoms with Crippen molar-refractivity contribution in [3.05, 3.63) is 41.3 Å². The van der Waals surface area contributed by atoms with Crippen molar-refractivity contribution in [2.75, 3.05) is 38.0 Å². The minimum Gasteiger partial charge on any atom is -0.406 e. The first kappa shape index (κ1) is 24.0. The van der Waals surface area contributed by atoms with Crippen LogP contribution >= 0.6 is 11.3 Å². The Hall–Kier alpha value is -2.66. The van der Waals surface area contributed by atoms with Gasteiger partial charge < -0.3 is 15.0 Å². The number of ether oxygens (including phenoxy) is 1. The van der Waals surface area contributed by atoms with E-state index in [-0.39, 0.29) is 30.3 Å². The molecule has 2 heterocycles. The van der Waals surface area contributed by atoms with Gasteiger partial charge in [0.2, 0.25) is 15.9 Å². The van der Waals surface area contributed by atoms with E-state index in [1.54, 1.807) is 11.4 Å². The summed E-state index contributed by atoms with van der Waals surface area (Å²) in [6.07, 6.45) is -4.66. The maximum atomic E-state index is 12.7.